The molecule has 1 aliphatic carbocycles. The van der Waals surface area contributed by atoms with Crippen LogP contribution in [0.3, 0.4) is 0 Å². The van der Waals surface area contributed by atoms with Crippen LogP contribution in [-0.4, -0.2) is 30.2 Å². The average Bonchev–Trinajstić information content (AvgIpc) is 3.14. The van der Waals surface area contributed by atoms with Crippen molar-refractivity contribution in [3.05, 3.63) is 24.0 Å². The van der Waals surface area contributed by atoms with Crippen LogP contribution < -0.4 is 10.2 Å². The maximum absolute atomic E-state index is 4.40. The van der Waals surface area contributed by atoms with Crippen molar-refractivity contribution in [3.63, 3.8) is 0 Å². The van der Waals surface area contributed by atoms with E-state index in [1.807, 2.05) is 13.1 Å². The molecule has 3 rings (SSSR count). The minimum atomic E-state index is 0.309. The lowest BCUT2D eigenvalue weighted by Crippen LogP contribution is -2.60. The van der Waals surface area contributed by atoms with Crippen LogP contribution in [-0.2, 0) is 0 Å². The van der Waals surface area contributed by atoms with E-state index in [0.29, 0.717) is 5.54 Å². The van der Waals surface area contributed by atoms with E-state index in [4.69, 9.17) is 0 Å². The van der Waals surface area contributed by atoms with Gasteiger partial charge in [-0.3, -0.25) is 4.98 Å². The number of hydrogen-bond acceptors (Lipinski definition) is 3. The second kappa shape index (κ2) is 3.98. The van der Waals surface area contributed by atoms with Gasteiger partial charge in [-0.1, -0.05) is 0 Å². The van der Waals surface area contributed by atoms with Crippen LogP contribution >= 0.6 is 0 Å². The molecule has 1 N–H and O–H groups in total. The highest BCUT2D eigenvalue weighted by molar-refractivity contribution is 5.46. The molecule has 92 valence electrons. The summed E-state index contributed by atoms with van der Waals surface area (Å²) in [5.41, 5.74) is 2.67. The molecule has 1 saturated carbocycles. The Morgan fingerprint density at radius 3 is 2.88 bits per heavy atom. The van der Waals surface area contributed by atoms with Crippen molar-refractivity contribution in [2.75, 3.05) is 24.5 Å². The Morgan fingerprint density at radius 2 is 2.24 bits per heavy atom. The van der Waals surface area contributed by atoms with Crippen LogP contribution in [0.2, 0.25) is 0 Å². The molecule has 0 aromatic carbocycles. The number of pyridine rings is 1. The lowest BCUT2D eigenvalue weighted by Gasteiger charge is -2.43. The van der Waals surface area contributed by atoms with Crippen molar-refractivity contribution in [1.29, 1.82) is 0 Å². The van der Waals surface area contributed by atoms with Crippen LogP contribution in [0.5, 0.6) is 0 Å². The Morgan fingerprint density at radius 1 is 1.41 bits per heavy atom. The van der Waals surface area contributed by atoms with Gasteiger partial charge in [-0.15, -0.1) is 0 Å². The zero-order chi connectivity index (χ0) is 11.9. The fourth-order valence-corrected chi connectivity index (χ4v) is 2.87. The molecule has 1 unspecified atom stereocenters. The summed E-state index contributed by atoms with van der Waals surface area (Å²) in [4.78, 5) is 6.87. The molecule has 0 spiro atoms. The SMILES string of the molecule is Cc1ccc(N2CCNC(C)(C3CC3)C2)cn1. The van der Waals surface area contributed by atoms with Crippen LogP contribution in [0.15, 0.2) is 18.3 Å². The van der Waals surface area contributed by atoms with Gasteiger partial charge in [0.2, 0.25) is 0 Å². The van der Waals surface area contributed by atoms with Crippen LogP contribution in [0.1, 0.15) is 25.5 Å². The Hall–Kier alpha value is -1.09. The molecule has 0 radical (unpaired) electrons. The molecule has 1 saturated heterocycles. The van der Waals surface area contributed by atoms with Crippen molar-refractivity contribution < 1.29 is 0 Å². The van der Waals surface area contributed by atoms with Gasteiger partial charge in [0.15, 0.2) is 0 Å². The largest absolute Gasteiger partial charge is 0.367 e. The third kappa shape index (κ3) is 2.16. The third-order valence-corrected chi connectivity index (χ3v) is 4.17. The number of nitrogens with zero attached hydrogens (tertiary/aromatic N) is 2. The predicted octanol–water partition coefficient (Wildman–Crippen LogP) is 1.97. The van der Waals surface area contributed by atoms with E-state index in [1.165, 1.54) is 18.5 Å². The number of aromatic nitrogens is 1. The van der Waals surface area contributed by atoms with E-state index in [9.17, 15) is 0 Å². The molecule has 3 nitrogen and oxygen atoms in total. The lowest BCUT2D eigenvalue weighted by atomic mass is 9.93. The van der Waals surface area contributed by atoms with Gasteiger partial charge in [0.05, 0.1) is 11.9 Å². The van der Waals surface area contributed by atoms with Crippen molar-refractivity contribution in [1.82, 2.24) is 10.3 Å². The number of rotatable bonds is 2. The van der Waals surface area contributed by atoms with Crippen molar-refractivity contribution >= 4 is 5.69 Å². The molecule has 0 amide bonds. The normalized spacial score (nSPS) is 29.4. The van der Waals surface area contributed by atoms with E-state index >= 15 is 0 Å². The van der Waals surface area contributed by atoms with Gasteiger partial charge in [0.25, 0.3) is 0 Å². The summed E-state index contributed by atoms with van der Waals surface area (Å²) in [5, 5.41) is 3.71. The van der Waals surface area contributed by atoms with Gasteiger partial charge in [0, 0.05) is 30.9 Å². The number of hydrogen-bond donors (Lipinski definition) is 1. The van der Waals surface area contributed by atoms with Gasteiger partial charge in [0.1, 0.15) is 0 Å². The minimum Gasteiger partial charge on any atom is -0.367 e. The quantitative estimate of drug-likeness (QED) is 0.843. The molecule has 1 atom stereocenters. The number of nitrogens with one attached hydrogen (secondary N) is 1. The lowest BCUT2D eigenvalue weighted by molar-refractivity contribution is 0.285. The molecule has 2 aliphatic rings. The second-order valence-electron chi connectivity index (χ2n) is 5.70. The molecular formula is C14H21N3. The Labute approximate surface area is 103 Å². The van der Waals surface area contributed by atoms with Crippen molar-refractivity contribution in [2.45, 2.75) is 32.2 Å². The second-order valence-corrected chi connectivity index (χ2v) is 5.70. The maximum atomic E-state index is 4.40. The molecule has 1 aliphatic heterocycles. The number of piperazine rings is 1. The van der Waals surface area contributed by atoms with Crippen molar-refractivity contribution in [3.8, 4) is 0 Å². The predicted molar refractivity (Wildman–Crippen MR) is 70.3 cm³/mol. The first-order chi connectivity index (χ1) is 8.17. The average molecular weight is 231 g/mol. The van der Waals surface area contributed by atoms with E-state index in [0.717, 1.165) is 31.2 Å². The van der Waals surface area contributed by atoms with Crippen molar-refractivity contribution in [2.24, 2.45) is 5.92 Å². The van der Waals surface area contributed by atoms with E-state index < -0.39 is 0 Å². The summed E-state index contributed by atoms with van der Waals surface area (Å²) < 4.78 is 0. The molecule has 17 heavy (non-hydrogen) atoms. The fourth-order valence-electron chi connectivity index (χ4n) is 2.87. The molecule has 2 fully saturated rings. The Bertz CT molecular complexity index is 396. The highest BCUT2D eigenvalue weighted by Crippen LogP contribution is 2.41. The molecule has 0 bridgehead atoms. The van der Waals surface area contributed by atoms with Crippen LogP contribution in [0.4, 0.5) is 5.69 Å². The van der Waals surface area contributed by atoms with Gasteiger partial charge in [-0.25, -0.2) is 0 Å². The minimum absolute atomic E-state index is 0.309. The Balaban J connectivity index is 1.77. The monoisotopic (exact) mass is 231 g/mol. The molecule has 1 aromatic rings. The molecular weight excluding hydrogens is 210 g/mol. The fraction of sp³-hybridized carbons (Fsp3) is 0.643. The first kappa shape index (κ1) is 11.0. The van der Waals surface area contributed by atoms with E-state index in [-0.39, 0.29) is 0 Å². The summed E-state index contributed by atoms with van der Waals surface area (Å²) >= 11 is 0. The zero-order valence-corrected chi connectivity index (χ0v) is 10.7. The van der Waals surface area contributed by atoms with Gasteiger partial charge >= 0.3 is 0 Å². The number of aryl methyl sites for hydroxylation is 1. The zero-order valence-electron chi connectivity index (χ0n) is 10.7. The number of anilines is 1. The topological polar surface area (TPSA) is 28.2 Å². The van der Waals surface area contributed by atoms with E-state index in [1.54, 1.807) is 0 Å². The maximum Gasteiger partial charge on any atom is 0.0554 e. The van der Waals surface area contributed by atoms with Gasteiger partial charge in [-0.2, -0.15) is 0 Å². The molecule has 2 heterocycles. The third-order valence-electron chi connectivity index (χ3n) is 4.17. The first-order valence-electron chi connectivity index (χ1n) is 6.60. The molecule has 3 heteroatoms. The van der Waals surface area contributed by atoms with Gasteiger partial charge in [-0.05, 0) is 44.7 Å². The summed E-state index contributed by atoms with van der Waals surface area (Å²) in [6.07, 6.45) is 4.79. The van der Waals surface area contributed by atoms with Gasteiger partial charge < -0.3 is 10.2 Å². The summed E-state index contributed by atoms with van der Waals surface area (Å²) in [6, 6.07) is 4.30. The van der Waals surface area contributed by atoms with Crippen LogP contribution in [0.25, 0.3) is 0 Å². The summed E-state index contributed by atoms with van der Waals surface area (Å²) in [7, 11) is 0. The molecule has 1 aromatic heterocycles. The summed E-state index contributed by atoms with van der Waals surface area (Å²) in [6.45, 7) is 7.70. The smallest absolute Gasteiger partial charge is 0.0554 e. The first-order valence-corrected chi connectivity index (χ1v) is 6.60. The Kier molecular flexibility index (Phi) is 2.58. The standard InChI is InChI=1S/C14H21N3/c1-11-3-6-13(9-15-11)17-8-7-16-14(2,10-17)12-4-5-12/h3,6,9,12,16H,4-5,7-8,10H2,1-2H3. The summed E-state index contributed by atoms with van der Waals surface area (Å²) in [5.74, 6) is 0.878. The van der Waals surface area contributed by atoms with E-state index in [2.05, 4.69) is 34.3 Å². The van der Waals surface area contributed by atoms with Crippen LogP contribution in [0, 0.1) is 12.8 Å². The highest BCUT2D eigenvalue weighted by Gasteiger charge is 2.43. The highest BCUT2D eigenvalue weighted by atomic mass is 15.2.